The summed E-state index contributed by atoms with van der Waals surface area (Å²) in [5.74, 6) is -1.86. The molecule has 0 aliphatic rings. The normalized spacial score (nSPS) is 12.6. The molecular weight excluding hydrogens is 538 g/mol. The molecule has 0 aromatic heterocycles. The van der Waals surface area contributed by atoms with Crippen molar-refractivity contribution >= 4 is 39.1 Å². The predicted octanol–water partition coefficient (Wildman–Crippen LogP) is 4.60. The molecule has 0 saturated heterocycles. The Hall–Kier alpha value is -2.86. The molecule has 204 valence electrons. The zero-order valence-corrected chi connectivity index (χ0v) is 22.1. The van der Waals surface area contributed by atoms with Crippen molar-refractivity contribution in [2.75, 3.05) is 23.7 Å². The summed E-state index contributed by atoms with van der Waals surface area (Å²) in [6, 6.07) is 6.26. The number of halogens is 5. The first-order chi connectivity index (χ1) is 17.2. The number of nitrogens with one attached hydrogen (secondary N) is 1. The molecule has 0 aliphatic carbocycles. The predicted molar refractivity (Wildman–Crippen MR) is 133 cm³/mol. The molecule has 0 saturated carbocycles. The molecule has 37 heavy (non-hydrogen) atoms. The van der Waals surface area contributed by atoms with Crippen LogP contribution in [0.1, 0.15) is 37.8 Å². The van der Waals surface area contributed by atoms with Gasteiger partial charge in [0, 0.05) is 13.1 Å². The van der Waals surface area contributed by atoms with Crippen molar-refractivity contribution in [3.63, 3.8) is 0 Å². The van der Waals surface area contributed by atoms with Crippen LogP contribution in [0.2, 0.25) is 5.02 Å². The lowest BCUT2D eigenvalue weighted by atomic mass is 10.1. The Bertz CT molecular complexity index is 1210. The molecule has 0 heterocycles. The first kappa shape index (κ1) is 30.4. The molecule has 13 heteroatoms. The molecule has 0 unspecified atom stereocenters. The molecule has 2 rings (SSSR count). The number of amides is 2. The van der Waals surface area contributed by atoms with Crippen LogP contribution in [0.5, 0.6) is 0 Å². The maximum absolute atomic E-state index is 13.5. The van der Waals surface area contributed by atoms with Crippen LogP contribution in [0.15, 0.2) is 42.5 Å². The van der Waals surface area contributed by atoms with E-state index in [1.807, 2.05) is 6.92 Å². The van der Waals surface area contributed by atoms with Crippen LogP contribution in [-0.2, 0) is 32.3 Å². The molecular formula is C24H28ClF4N3O4S. The highest BCUT2D eigenvalue weighted by Gasteiger charge is 2.35. The minimum atomic E-state index is -4.79. The van der Waals surface area contributed by atoms with E-state index in [0.29, 0.717) is 35.0 Å². The Labute approximate surface area is 218 Å². The summed E-state index contributed by atoms with van der Waals surface area (Å²) in [4.78, 5) is 27.5. The van der Waals surface area contributed by atoms with Gasteiger partial charge in [-0.2, -0.15) is 13.2 Å². The fourth-order valence-corrected chi connectivity index (χ4v) is 4.67. The Balaban J connectivity index is 2.52. The second-order valence-electron chi connectivity index (χ2n) is 8.30. The van der Waals surface area contributed by atoms with Crippen molar-refractivity contribution in [2.45, 2.75) is 45.5 Å². The van der Waals surface area contributed by atoms with Crippen LogP contribution in [0.4, 0.5) is 23.2 Å². The number of sulfonamides is 1. The number of carbonyl (C=O) groups excluding carboxylic acids is 2. The third-order valence-electron chi connectivity index (χ3n) is 5.42. The van der Waals surface area contributed by atoms with E-state index in [4.69, 9.17) is 11.6 Å². The summed E-state index contributed by atoms with van der Waals surface area (Å²) in [6.45, 7) is 2.73. The van der Waals surface area contributed by atoms with Gasteiger partial charge in [-0.15, -0.1) is 0 Å². The lowest BCUT2D eigenvalue weighted by molar-refractivity contribution is -0.140. The summed E-state index contributed by atoms with van der Waals surface area (Å²) < 4.78 is 79.0. The number of hydrogen-bond donors (Lipinski definition) is 1. The average molecular weight is 566 g/mol. The second-order valence-corrected chi connectivity index (χ2v) is 10.6. The lowest BCUT2D eigenvalue weighted by Gasteiger charge is -2.33. The first-order valence-electron chi connectivity index (χ1n) is 11.3. The molecule has 1 atom stereocenters. The molecule has 0 fully saturated rings. The number of rotatable bonds is 11. The van der Waals surface area contributed by atoms with Gasteiger partial charge in [0.2, 0.25) is 21.8 Å². The zero-order chi connectivity index (χ0) is 28.0. The van der Waals surface area contributed by atoms with Crippen molar-refractivity contribution in [2.24, 2.45) is 0 Å². The number of anilines is 1. The Morgan fingerprint density at radius 1 is 1.08 bits per heavy atom. The minimum absolute atomic E-state index is 0.158. The van der Waals surface area contributed by atoms with Gasteiger partial charge in [-0.25, -0.2) is 12.8 Å². The average Bonchev–Trinajstić information content (AvgIpc) is 2.81. The smallest absolute Gasteiger partial charge is 0.354 e. The maximum atomic E-state index is 13.5. The molecule has 2 aromatic rings. The van der Waals surface area contributed by atoms with Crippen molar-refractivity contribution in [1.29, 1.82) is 0 Å². The van der Waals surface area contributed by atoms with Crippen LogP contribution < -0.4 is 9.62 Å². The van der Waals surface area contributed by atoms with E-state index in [1.165, 1.54) is 24.3 Å². The molecule has 2 aromatic carbocycles. The largest absolute Gasteiger partial charge is 0.416 e. The molecule has 0 radical (unpaired) electrons. The van der Waals surface area contributed by atoms with Gasteiger partial charge in [-0.1, -0.05) is 37.6 Å². The fourth-order valence-electron chi connectivity index (χ4n) is 3.55. The van der Waals surface area contributed by atoms with Gasteiger partial charge in [0.05, 0.1) is 22.5 Å². The first-order valence-corrected chi connectivity index (χ1v) is 13.6. The molecule has 0 aliphatic heterocycles. The molecule has 0 spiro atoms. The molecule has 2 amide bonds. The van der Waals surface area contributed by atoms with Crippen LogP contribution in [-0.4, -0.2) is 50.5 Å². The van der Waals surface area contributed by atoms with E-state index >= 15 is 0 Å². The molecule has 0 bridgehead atoms. The van der Waals surface area contributed by atoms with E-state index in [0.717, 1.165) is 17.2 Å². The van der Waals surface area contributed by atoms with Gasteiger partial charge in [0.15, 0.2) is 0 Å². The van der Waals surface area contributed by atoms with Gasteiger partial charge in [-0.3, -0.25) is 13.9 Å². The Morgan fingerprint density at radius 2 is 1.70 bits per heavy atom. The van der Waals surface area contributed by atoms with Crippen LogP contribution in [0, 0.1) is 5.82 Å². The van der Waals surface area contributed by atoms with Gasteiger partial charge < -0.3 is 10.2 Å². The van der Waals surface area contributed by atoms with Gasteiger partial charge in [0.1, 0.15) is 18.4 Å². The van der Waals surface area contributed by atoms with Crippen molar-refractivity contribution in [3.05, 3.63) is 64.4 Å². The van der Waals surface area contributed by atoms with Crippen LogP contribution in [0.3, 0.4) is 0 Å². The maximum Gasteiger partial charge on any atom is 0.416 e. The number of nitrogens with zero attached hydrogens (tertiary/aromatic N) is 2. The highest BCUT2D eigenvalue weighted by Crippen LogP contribution is 2.36. The van der Waals surface area contributed by atoms with E-state index in [2.05, 4.69) is 5.32 Å². The number of alkyl halides is 3. The highest BCUT2D eigenvalue weighted by molar-refractivity contribution is 7.92. The standard InChI is InChI=1S/C24H28ClF4N3O4S/c1-4-12-30-23(34)20(5-2)31(14-16-6-9-18(26)10-7-16)22(33)15-32(37(3,35)36)21-13-17(24(27,28)29)8-11-19(21)25/h6-11,13,20H,4-5,12,14-15H2,1-3H3,(H,30,34)/t20-/m0/s1. The SMILES string of the molecule is CCCNC(=O)[C@H](CC)N(Cc1ccc(F)cc1)C(=O)CN(c1cc(C(F)(F)F)ccc1Cl)S(C)(=O)=O. The van der Waals surface area contributed by atoms with Crippen LogP contribution >= 0.6 is 11.6 Å². The highest BCUT2D eigenvalue weighted by atomic mass is 35.5. The van der Waals surface area contributed by atoms with Gasteiger partial charge >= 0.3 is 6.18 Å². The van der Waals surface area contributed by atoms with Gasteiger partial charge in [-0.05, 0) is 48.7 Å². The van der Waals surface area contributed by atoms with E-state index in [-0.39, 0.29) is 18.0 Å². The summed E-state index contributed by atoms with van der Waals surface area (Å²) in [6.07, 6.45) is -3.27. The summed E-state index contributed by atoms with van der Waals surface area (Å²) in [7, 11) is -4.29. The molecule has 7 nitrogen and oxygen atoms in total. The second kappa shape index (κ2) is 12.6. The molecule has 1 N–H and O–H groups in total. The monoisotopic (exact) mass is 565 g/mol. The third kappa shape index (κ3) is 8.32. The van der Waals surface area contributed by atoms with Crippen molar-refractivity contribution < 1.29 is 35.6 Å². The van der Waals surface area contributed by atoms with E-state index < -0.39 is 57.7 Å². The van der Waals surface area contributed by atoms with Crippen LogP contribution in [0.25, 0.3) is 0 Å². The number of benzene rings is 2. The number of carbonyl (C=O) groups is 2. The van der Waals surface area contributed by atoms with E-state index in [9.17, 15) is 35.6 Å². The summed E-state index contributed by atoms with van der Waals surface area (Å²) in [5, 5.41) is 2.38. The zero-order valence-electron chi connectivity index (χ0n) is 20.5. The minimum Gasteiger partial charge on any atom is -0.354 e. The Kier molecular flexibility index (Phi) is 10.3. The summed E-state index contributed by atoms with van der Waals surface area (Å²) in [5.41, 5.74) is -1.22. The summed E-state index contributed by atoms with van der Waals surface area (Å²) >= 11 is 6.05. The fraction of sp³-hybridized carbons (Fsp3) is 0.417. The quantitative estimate of drug-likeness (QED) is 0.404. The topological polar surface area (TPSA) is 86.8 Å². The third-order valence-corrected chi connectivity index (χ3v) is 6.87. The van der Waals surface area contributed by atoms with Gasteiger partial charge in [0.25, 0.3) is 0 Å². The van der Waals surface area contributed by atoms with Crippen molar-refractivity contribution in [3.8, 4) is 0 Å². The Morgan fingerprint density at radius 3 is 2.22 bits per heavy atom. The number of hydrogen-bond acceptors (Lipinski definition) is 4. The lowest BCUT2D eigenvalue weighted by Crippen LogP contribution is -2.52. The van der Waals surface area contributed by atoms with E-state index in [1.54, 1.807) is 6.92 Å². The van der Waals surface area contributed by atoms with Crippen molar-refractivity contribution in [1.82, 2.24) is 10.2 Å².